The molecule has 4 aromatic rings. The molecule has 0 radical (unpaired) electrons. The molecule has 11 heteroatoms. The van der Waals surface area contributed by atoms with Gasteiger partial charge in [0.15, 0.2) is 10.3 Å². The van der Waals surface area contributed by atoms with E-state index in [1.165, 1.54) is 39.8 Å². The van der Waals surface area contributed by atoms with E-state index >= 15 is 0 Å². The number of non-ortho nitro benzene ring substituents is 1. The molecule has 0 saturated carbocycles. The lowest BCUT2D eigenvalue weighted by Crippen LogP contribution is -2.25. The van der Waals surface area contributed by atoms with E-state index in [1.54, 1.807) is 43.6 Å². The third kappa shape index (κ3) is 4.78. The summed E-state index contributed by atoms with van der Waals surface area (Å²) in [5.74, 6) is -0.293. The molecule has 168 valence electrons. The highest BCUT2D eigenvalue weighted by molar-refractivity contribution is 8.00. The lowest BCUT2D eigenvalue weighted by atomic mass is 10.1. The summed E-state index contributed by atoms with van der Waals surface area (Å²) >= 11 is 2.41. The topological polar surface area (TPSA) is 120 Å². The number of nitro groups is 1. The largest absolute Gasteiger partial charge is 0.301 e. The maximum atomic E-state index is 12.7. The van der Waals surface area contributed by atoms with E-state index in [9.17, 15) is 19.7 Å². The van der Waals surface area contributed by atoms with Crippen molar-refractivity contribution in [3.8, 4) is 11.3 Å². The second-order valence-corrected chi connectivity index (χ2v) is 9.54. The Labute approximate surface area is 196 Å². The molecule has 2 aromatic heterocycles. The predicted molar refractivity (Wildman–Crippen MR) is 130 cm³/mol. The molecule has 0 spiro atoms. The minimum absolute atomic E-state index is 0.0280. The number of aromatic nitrogens is 3. The molecule has 1 amide bonds. The van der Waals surface area contributed by atoms with Gasteiger partial charge in [0.1, 0.15) is 0 Å². The van der Waals surface area contributed by atoms with Crippen LogP contribution in [0.15, 0.2) is 57.8 Å². The van der Waals surface area contributed by atoms with Crippen LogP contribution in [0, 0.1) is 17.0 Å². The van der Waals surface area contributed by atoms with Crippen molar-refractivity contribution in [1.82, 2.24) is 14.5 Å². The maximum Gasteiger partial charge on any atom is 0.270 e. The Hall–Kier alpha value is -3.57. The van der Waals surface area contributed by atoms with Gasteiger partial charge < -0.3 is 5.32 Å². The smallest absolute Gasteiger partial charge is 0.270 e. The first kappa shape index (κ1) is 22.6. The van der Waals surface area contributed by atoms with Crippen molar-refractivity contribution in [2.75, 3.05) is 5.32 Å². The molecule has 1 unspecified atom stereocenters. The number of aryl methyl sites for hydroxylation is 1. The van der Waals surface area contributed by atoms with Crippen molar-refractivity contribution >= 4 is 50.7 Å². The van der Waals surface area contributed by atoms with Gasteiger partial charge in [-0.25, -0.2) is 9.97 Å². The number of anilines is 1. The number of hydrogen-bond donors (Lipinski definition) is 1. The molecule has 2 heterocycles. The first-order valence-electron chi connectivity index (χ1n) is 9.88. The molecule has 0 aliphatic rings. The summed E-state index contributed by atoms with van der Waals surface area (Å²) in [5, 5.41) is 16.3. The Morgan fingerprint density at radius 2 is 2.03 bits per heavy atom. The molecule has 0 aliphatic carbocycles. The molecule has 0 fully saturated rings. The van der Waals surface area contributed by atoms with Crippen LogP contribution in [-0.4, -0.2) is 30.6 Å². The maximum absolute atomic E-state index is 12.7. The number of carbonyl (C=O) groups excluding carboxylic acids is 1. The van der Waals surface area contributed by atoms with Gasteiger partial charge in [0.05, 0.1) is 26.8 Å². The van der Waals surface area contributed by atoms with Crippen molar-refractivity contribution < 1.29 is 9.72 Å². The SMILES string of the molecule is Cc1ccc2nc(SC(C)C(=O)Nc3nc(-c4cccc([N+](=O)[O-])c4)cs3)n(C)c(=O)c2c1. The fourth-order valence-electron chi connectivity index (χ4n) is 3.13. The van der Waals surface area contributed by atoms with E-state index in [0.29, 0.717) is 32.4 Å². The van der Waals surface area contributed by atoms with E-state index in [4.69, 9.17) is 0 Å². The Morgan fingerprint density at radius 1 is 1.24 bits per heavy atom. The number of hydrogen-bond acceptors (Lipinski definition) is 8. The van der Waals surface area contributed by atoms with Crippen molar-refractivity contribution in [2.45, 2.75) is 24.3 Å². The third-order valence-corrected chi connectivity index (χ3v) is 6.83. The number of thioether (sulfide) groups is 1. The summed E-state index contributed by atoms with van der Waals surface area (Å²) < 4.78 is 1.44. The highest BCUT2D eigenvalue weighted by atomic mass is 32.2. The van der Waals surface area contributed by atoms with Crippen molar-refractivity contribution in [1.29, 1.82) is 0 Å². The quantitative estimate of drug-likeness (QED) is 0.188. The summed E-state index contributed by atoms with van der Waals surface area (Å²) in [6.07, 6.45) is 0. The van der Waals surface area contributed by atoms with Gasteiger partial charge in [0, 0.05) is 30.1 Å². The van der Waals surface area contributed by atoms with Gasteiger partial charge in [-0.15, -0.1) is 11.3 Å². The number of fused-ring (bicyclic) bond motifs is 1. The number of rotatable bonds is 6. The molecule has 4 rings (SSSR count). The van der Waals surface area contributed by atoms with Gasteiger partial charge in [-0.2, -0.15) is 0 Å². The van der Waals surface area contributed by atoms with E-state index < -0.39 is 10.2 Å². The predicted octanol–water partition coefficient (Wildman–Crippen LogP) is 4.39. The monoisotopic (exact) mass is 481 g/mol. The zero-order valence-electron chi connectivity index (χ0n) is 17.9. The molecule has 0 aliphatic heterocycles. The van der Waals surface area contributed by atoms with Crippen LogP contribution in [0.4, 0.5) is 10.8 Å². The first-order chi connectivity index (χ1) is 15.7. The number of benzene rings is 2. The molecular formula is C22H19N5O4S2. The highest BCUT2D eigenvalue weighted by Gasteiger charge is 2.20. The van der Waals surface area contributed by atoms with Gasteiger partial charge in [-0.3, -0.25) is 24.3 Å². The average molecular weight is 482 g/mol. The minimum atomic E-state index is -0.545. The third-order valence-electron chi connectivity index (χ3n) is 4.93. The van der Waals surface area contributed by atoms with Crippen LogP contribution in [0.25, 0.3) is 22.2 Å². The molecule has 1 atom stereocenters. The fourth-order valence-corrected chi connectivity index (χ4v) is 4.73. The number of thiazole rings is 1. The zero-order valence-corrected chi connectivity index (χ0v) is 19.6. The van der Waals surface area contributed by atoms with Crippen LogP contribution in [0.3, 0.4) is 0 Å². The fraction of sp³-hybridized carbons (Fsp3) is 0.182. The standard InChI is InChI=1S/C22H19N5O4S2/c1-12-7-8-17-16(9-12)20(29)26(3)22(24-17)33-13(2)19(28)25-21-23-18(11-32-21)14-5-4-6-15(10-14)27(30)31/h4-11,13H,1-3H3,(H,23,25,28). The van der Waals surface area contributed by atoms with Crippen LogP contribution in [0.1, 0.15) is 12.5 Å². The van der Waals surface area contributed by atoms with Gasteiger partial charge in [-0.1, -0.05) is 35.5 Å². The summed E-state index contributed by atoms with van der Waals surface area (Å²) in [7, 11) is 1.64. The van der Waals surface area contributed by atoms with E-state index in [-0.39, 0.29) is 17.2 Å². The summed E-state index contributed by atoms with van der Waals surface area (Å²) in [6, 6.07) is 11.6. The van der Waals surface area contributed by atoms with Crippen LogP contribution < -0.4 is 10.9 Å². The molecule has 9 nitrogen and oxygen atoms in total. The molecule has 1 N–H and O–H groups in total. The van der Waals surface area contributed by atoms with E-state index in [0.717, 1.165) is 5.56 Å². The van der Waals surface area contributed by atoms with Gasteiger partial charge in [-0.05, 0) is 26.0 Å². The lowest BCUT2D eigenvalue weighted by Gasteiger charge is -2.13. The van der Waals surface area contributed by atoms with E-state index in [2.05, 4.69) is 15.3 Å². The van der Waals surface area contributed by atoms with Gasteiger partial charge >= 0.3 is 0 Å². The second-order valence-electron chi connectivity index (χ2n) is 7.37. The average Bonchev–Trinajstić information content (AvgIpc) is 3.26. The Bertz CT molecular complexity index is 1450. The normalized spacial score (nSPS) is 12.0. The molecule has 33 heavy (non-hydrogen) atoms. The molecule has 2 aromatic carbocycles. The van der Waals surface area contributed by atoms with Crippen LogP contribution >= 0.6 is 23.1 Å². The number of carbonyl (C=O) groups is 1. The van der Waals surface area contributed by atoms with Gasteiger partial charge in [0.25, 0.3) is 11.2 Å². The molecule has 0 bridgehead atoms. The van der Waals surface area contributed by atoms with E-state index in [1.807, 2.05) is 13.0 Å². The Balaban J connectivity index is 1.49. The van der Waals surface area contributed by atoms with Gasteiger partial charge in [0.2, 0.25) is 5.91 Å². The van der Waals surface area contributed by atoms with Crippen LogP contribution in [-0.2, 0) is 11.8 Å². The number of amides is 1. The number of nitro benzene ring substituents is 1. The number of nitrogens with one attached hydrogen (secondary N) is 1. The first-order valence-corrected chi connectivity index (χ1v) is 11.6. The molecular weight excluding hydrogens is 462 g/mol. The summed E-state index contributed by atoms with van der Waals surface area (Å²) in [5.41, 5.74) is 2.49. The zero-order chi connectivity index (χ0) is 23.7. The second kappa shape index (κ2) is 9.12. The Kier molecular flexibility index (Phi) is 6.25. The summed E-state index contributed by atoms with van der Waals surface area (Å²) in [4.78, 5) is 44.9. The van der Waals surface area contributed by atoms with Crippen molar-refractivity contribution in [3.63, 3.8) is 0 Å². The van der Waals surface area contributed by atoms with Crippen molar-refractivity contribution in [3.05, 3.63) is 73.9 Å². The van der Waals surface area contributed by atoms with Crippen molar-refractivity contribution in [2.24, 2.45) is 7.05 Å². The highest BCUT2D eigenvalue weighted by Crippen LogP contribution is 2.29. The number of nitrogens with zero attached hydrogens (tertiary/aromatic N) is 4. The summed E-state index contributed by atoms with van der Waals surface area (Å²) in [6.45, 7) is 3.64. The van der Waals surface area contributed by atoms with Crippen LogP contribution in [0.2, 0.25) is 0 Å². The van der Waals surface area contributed by atoms with Crippen LogP contribution in [0.5, 0.6) is 0 Å². The molecule has 0 saturated heterocycles. The lowest BCUT2D eigenvalue weighted by molar-refractivity contribution is -0.384. The minimum Gasteiger partial charge on any atom is -0.301 e. The Morgan fingerprint density at radius 3 is 2.79 bits per heavy atom.